The molecule has 0 unspecified atom stereocenters. The Balaban J connectivity index is 1.58. The number of alkyl halides is 6. The Morgan fingerprint density at radius 2 is 1.54 bits per heavy atom. The lowest BCUT2D eigenvalue weighted by Crippen LogP contribution is -2.29. The first-order chi connectivity index (χ1) is 18.5. The van der Waals surface area contributed by atoms with E-state index in [1.165, 1.54) is 24.4 Å². The van der Waals surface area contributed by atoms with E-state index in [0.29, 0.717) is 28.9 Å². The number of phenols is 1. The molecule has 1 fully saturated rings. The van der Waals surface area contributed by atoms with Crippen LogP contribution in [0.1, 0.15) is 36.0 Å². The highest BCUT2D eigenvalue weighted by Crippen LogP contribution is 2.40. The quantitative estimate of drug-likeness (QED) is 0.195. The summed E-state index contributed by atoms with van der Waals surface area (Å²) in [6.07, 6.45) is -4.54. The average molecular weight is 546 g/mol. The van der Waals surface area contributed by atoms with Crippen LogP contribution < -0.4 is 5.32 Å². The second-order valence-corrected chi connectivity index (χ2v) is 9.66. The molecule has 2 N–H and O–H groups in total. The molecule has 0 radical (unpaired) electrons. The fourth-order valence-corrected chi connectivity index (χ4v) is 4.92. The number of aromatic hydroxyl groups is 1. The Hall–Kier alpha value is -3.79. The fraction of sp³-hybridized carbons (Fsp3) is 0.276. The van der Waals surface area contributed by atoms with Gasteiger partial charge in [-0.2, -0.15) is 26.3 Å². The first-order valence-electron chi connectivity index (χ1n) is 12.5. The van der Waals surface area contributed by atoms with Gasteiger partial charge in [0.05, 0.1) is 16.6 Å². The van der Waals surface area contributed by atoms with Gasteiger partial charge in [0.1, 0.15) is 5.75 Å². The van der Waals surface area contributed by atoms with E-state index in [0.717, 1.165) is 56.6 Å². The number of anilines is 2. The minimum Gasteiger partial charge on any atom is -0.507 e. The summed E-state index contributed by atoms with van der Waals surface area (Å²) in [5.74, 6) is -0.111. The van der Waals surface area contributed by atoms with Gasteiger partial charge >= 0.3 is 12.4 Å². The van der Waals surface area contributed by atoms with E-state index in [2.05, 4.69) is 15.2 Å². The van der Waals surface area contributed by atoms with E-state index < -0.39 is 23.5 Å². The first kappa shape index (κ1) is 26.8. The molecule has 2 heterocycles. The number of hydrogen-bond donors (Lipinski definition) is 2. The van der Waals surface area contributed by atoms with E-state index in [1.807, 2.05) is 0 Å². The highest BCUT2D eigenvalue weighted by atomic mass is 19.4. The molecule has 0 bridgehead atoms. The number of likely N-dealkylation sites (tertiary alicyclic amines) is 1. The summed E-state index contributed by atoms with van der Waals surface area (Å²) in [5.41, 5.74) is 0.372. The zero-order chi connectivity index (χ0) is 27.8. The summed E-state index contributed by atoms with van der Waals surface area (Å²) in [7, 11) is 0. The lowest BCUT2D eigenvalue weighted by molar-refractivity contribution is -0.138. The molecule has 0 atom stereocenters. The number of nitrogens with one attached hydrogen (secondary N) is 1. The molecule has 1 aliphatic rings. The zero-order valence-corrected chi connectivity index (χ0v) is 20.7. The molecule has 0 spiro atoms. The predicted octanol–water partition coefficient (Wildman–Crippen LogP) is 8.37. The van der Waals surface area contributed by atoms with Gasteiger partial charge in [0.2, 0.25) is 0 Å². The molecule has 204 valence electrons. The molecule has 4 nitrogen and oxygen atoms in total. The minimum absolute atomic E-state index is 0.111. The number of hydrogen-bond acceptors (Lipinski definition) is 4. The number of pyridine rings is 1. The summed E-state index contributed by atoms with van der Waals surface area (Å²) in [6.45, 7) is 2.08. The standard InChI is InChI=1S/C29H25F6N3O/c30-28(31,32)20-6-4-5-18(13-20)24-16-22(14-19(27(24)39)17-38-11-2-1-3-12-38)37-25-9-10-36-26-15-21(29(33,34)35)7-8-23(25)26/h4-10,13-16,39H,1-3,11-12,17H2,(H,36,37). The van der Waals surface area contributed by atoms with Crippen molar-refractivity contribution < 1.29 is 31.4 Å². The van der Waals surface area contributed by atoms with Crippen LogP contribution in [0.5, 0.6) is 5.75 Å². The van der Waals surface area contributed by atoms with Crippen molar-refractivity contribution in [1.82, 2.24) is 9.88 Å². The summed E-state index contributed by atoms with van der Waals surface area (Å²) in [6, 6.07) is 12.9. The van der Waals surface area contributed by atoms with Crippen molar-refractivity contribution >= 4 is 22.3 Å². The minimum atomic E-state index is -4.55. The van der Waals surface area contributed by atoms with Gasteiger partial charge in [0.15, 0.2) is 0 Å². The second kappa shape index (κ2) is 10.4. The number of phenolic OH excluding ortho intramolecular Hbond substituents is 1. The van der Waals surface area contributed by atoms with Gasteiger partial charge in [-0.15, -0.1) is 0 Å². The van der Waals surface area contributed by atoms with Crippen LogP contribution in [0, 0.1) is 0 Å². The van der Waals surface area contributed by atoms with Gasteiger partial charge in [-0.1, -0.05) is 24.6 Å². The van der Waals surface area contributed by atoms with Crippen molar-refractivity contribution in [1.29, 1.82) is 0 Å². The van der Waals surface area contributed by atoms with Gasteiger partial charge < -0.3 is 10.4 Å². The Morgan fingerprint density at radius 1 is 0.821 bits per heavy atom. The lowest BCUT2D eigenvalue weighted by atomic mass is 9.97. The number of nitrogens with zero attached hydrogens (tertiary/aromatic N) is 2. The molecular formula is C29H25F6N3O. The molecule has 4 aromatic rings. The van der Waals surface area contributed by atoms with Crippen LogP contribution in [0.4, 0.5) is 37.7 Å². The normalized spacial score (nSPS) is 15.0. The monoisotopic (exact) mass is 545 g/mol. The summed E-state index contributed by atoms with van der Waals surface area (Å²) < 4.78 is 79.9. The van der Waals surface area contributed by atoms with Gasteiger partial charge in [-0.25, -0.2) is 0 Å². The molecule has 1 aliphatic heterocycles. The van der Waals surface area contributed by atoms with Crippen molar-refractivity contribution in [3.05, 3.63) is 83.6 Å². The van der Waals surface area contributed by atoms with Gasteiger partial charge in [-0.3, -0.25) is 9.88 Å². The van der Waals surface area contributed by atoms with Crippen molar-refractivity contribution in [2.24, 2.45) is 0 Å². The summed E-state index contributed by atoms with van der Waals surface area (Å²) in [4.78, 5) is 6.25. The van der Waals surface area contributed by atoms with Crippen molar-refractivity contribution in [2.45, 2.75) is 38.2 Å². The molecule has 39 heavy (non-hydrogen) atoms. The largest absolute Gasteiger partial charge is 0.507 e. The molecule has 0 saturated carbocycles. The van der Waals surface area contributed by atoms with Crippen molar-refractivity contribution in [3.63, 3.8) is 0 Å². The molecule has 10 heteroatoms. The molecule has 1 saturated heterocycles. The highest BCUT2D eigenvalue weighted by Gasteiger charge is 2.31. The topological polar surface area (TPSA) is 48.4 Å². The molecular weight excluding hydrogens is 520 g/mol. The number of aromatic nitrogens is 1. The fourth-order valence-electron chi connectivity index (χ4n) is 4.92. The Bertz CT molecular complexity index is 1490. The molecule has 0 aliphatic carbocycles. The van der Waals surface area contributed by atoms with Crippen LogP contribution in [-0.2, 0) is 18.9 Å². The third-order valence-corrected chi connectivity index (χ3v) is 6.88. The van der Waals surface area contributed by atoms with E-state index in [1.54, 1.807) is 18.2 Å². The van der Waals surface area contributed by atoms with Crippen LogP contribution in [-0.4, -0.2) is 28.1 Å². The Morgan fingerprint density at radius 3 is 2.26 bits per heavy atom. The van der Waals surface area contributed by atoms with Crippen LogP contribution >= 0.6 is 0 Å². The maximum atomic E-state index is 13.4. The molecule has 1 aromatic heterocycles. The zero-order valence-electron chi connectivity index (χ0n) is 20.7. The van der Waals surface area contributed by atoms with Crippen molar-refractivity contribution in [2.75, 3.05) is 18.4 Å². The Labute approximate surface area is 220 Å². The van der Waals surface area contributed by atoms with Crippen molar-refractivity contribution in [3.8, 4) is 16.9 Å². The number of benzene rings is 3. The molecule has 0 amide bonds. The summed E-state index contributed by atoms with van der Waals surface area (Å²) >= 11 is 0. The highest BCUT2D eigenvalue weighted by molar-refractivity contribution is 5.93. The van der Waals surface area contributed by atoms with E-state index in [-0.39, 0.29) is 22.4 Å². The van der Waals surface area contributed by atoms with Crippen LogP contribution in [0.15, 0.2) is 66.9 Å². The third-order valence-electron chi connectivity index (χ3n) is 6.88. The molecule has 5 rings (SSSR count). The number of fused-ring (bicyclic) bond motifs is 1. The first-order valence-corrected chi connectivity index (χ1v) is 12.5. The Kier molecular flexibility index (Phi) is 7.15. The van der Waals surface area contributed by atoms with Gasteiger partial charge in [-0.05, 0) is 74.0 Å². The number of piperidine rings is 1. The number of halogens is 6. The SMILES string of the molecule is Oc1c(CN2CCCCC2)cc(Nc2ccnc3cc(C(F)(F)F)ccc23)cc1-c1cccc(C(F)(F)F)c1. The molecule has 3 aromatic carbocycles. The average Bonchev–Trinajstić information content (AvgIpc) is 2.90. The summed E-state index contributed by atoms with van der Waals surface area (Å²) in [5, 5.41) is 14.8. The lowest BCUT2D eigenvalue weighted by Gasteiger charge is -2.27. The maximum absolute atomic E-state index is 13.4. The van der Waals surface area contributed by atoms with Crippen LogP contribution in [0.2, 0.25) is 0 Å². The van der Waals surface area contributed by atoms with E-state index in [4.69, 9.17) is 0 Å². The van der Waals surface area contributed by atoms with Crippen LogP contribution in [0.3, 0.4) is 0 Å². The van der Waals surface area contributed by atoms with Gasteiger partial charge in [0.25, 0.3) is 0 Å². The van der Waals surface area contributed by atoms with Crippen LogP contribution in [0.25, 0.3) is 22.0 Å². The predicted molar refractivity (Wildman–Crippen MR) is 138 cm³/mol. The maximum Gasteiger partial charge on any atom is 0.416 e. The van der Waals surface area contributed by atoms with Gasteiger partial charge in [0, 0.05) is 40.6 Å². The second-order valence-electron chi connectivity index (χ2n) is 9.66. The van der Waals surface area contributed by atoms with E-state index in [9.17, 15) is 31.4 Å². The third kappa shape index (κ3) is 5.95. The smallest absolute Gasteiger partial charge is 0.416 e. The van der Waals surface area contributed by atoms with E-state index >= 15 is 0 Å². The number of rotatable bonds is 5.